The van der Waals surface area contributed by atoms with Crippen molar-refractivity contribution in [2.45, 2.75) is 24.3 Å². The predicted molar refractivity (Wildman–Crippen MR) is 127 cm³/mol. The van der Waals surface area contributed by atoms with Crippen molar-refractivity contribution in [2.24, 2.45) is 0 Å². The third-order valence-electron chi connectivity index (χ3n) is 5.61. The molecule has 8 nitrogen and oxygen atoms in total. The van der Waals surface area contributed by atoms with E-state index in [0.29, 0.717) is 12.1 Å². The number of carbonyl (C=O) groups is 1. The van der Waals surface area contributed by atoms with Gasteiger partial charge in [-0.25, -0.2) is 13.1 Å². The van der Waals surface area contributed by atoms with Gasteiger partial charge in [-0.2, -0.15) is 5.26 Å². The summed E-state index contributed by atoms with van der Waals surface area (Å²) < 4.78 is 26.6. The first-order valence-electron chi connectivity index (χ1n) is 11.2. The minimum Gasteiger partial charge on any atom is -0.352 e. The molecule has 3 rings (SSSR count). The Bertz CT molecular complexity index is 1030. The fourth-order valence-electron chi connectivity index (χ4n) is 3.73. The molecule has 1 fully saturated rings. The Balaban J connectivity index is 1.34. The van der Waals surface area contributed by atoms with Crippen molar-refractivity contribution in [1.82, 2.24) is 19.8 Å². The molecule has 0 spiro atoms. The molecule has 0 bridgehead atoms. The van der Waals surface area contributed by atoms with Gasteiger partial charge in [-0.1, -0.05) is 30.3 Å². The standard InChI is InChI=1S/C24H31N5O3S/c25-12-4-14-27-33(31,32)23-10-8-22(9-11-23)24(30)26-13-5-15-28-16-18-29(19-17-28)20-21-6-2-1-3-7-21/h1-3,6-11,27H,4-5,13-20H2,(H,26,30). The zero-order chi connectivity index (χ0) is 23.5. The maximum absolute atomic E-state index is 12.4. The number of rotatable bonds is 11. The number of carbonyl (C=O) groups excluding carboxylic acids is 1. The van der Waals surface area contributed by atoms with E-state index in [9.17, 15) is 13.2 Å². The Labute approximate surface area is 196 Å². The highest BCUT2D eigenvalue weighted by molar-refractivity contribution is 7.89. The van der Waals surface area contributed by atoms with Crippen LogP contribution in [0, 0.1) is 11.3 Å². The second-order valence-corrected chi connectivity index (χ2v) is 9.81. The lowest BCUT2D eigenvalue weighted by molar-refractivity contribution is 0.0947. The van der Waals surface area contributed by atoms with E-state index in [1.54, 1.807) is 0 Å². The topological polar surface area (TPSA) is 106 Å². The van der Waals surface area contributed by atoms with E-state index in [1.807, 2.05) is 12.1 Å². The van der Waals surface area contributed by atoms with E-state index in [4.69, 9.17) is 5.26 Å². The van der Waals surface area contributed by atoms with Crippen LogP contribution in [0.5, 0.6) is 0 Å². The van der Waals surface area contributed by atoms with Crippen LogP contribution in [0.25, 0.3) is 0 Å². The van der Waals surface area contributed by atoms with E-state index in [1.165, 1.54) is 29.8 Å². The van der Waals surface area contributed by atoms with Gasteiger partial charge in [0, 0.05) is 57.8 Å². The number of hydrogen-bond acceptors (Lipinski definition) is 6. The maximum Gasteiger partial charge on any atom is 0.251 e. The molecule has 1 heterocycles. The summed E-state index contributed by atoms with van der Waals surface area (Å²) in [7, 11) is -3.67. The average molecular weight is 470 g/mol. The molecule has 33 heavy (non-hydrogen) atoms. The fourth-order valence-corrected chi connectivity index (χ4v) is 4.76. The summed E-state index contributed by atoms with van der Waals surface area (Å²) in [4.78, 5) is 17.3. The summed E-state index contributed by atoms with van der Waals surface area (Å²) in [5, 5.41) is 11.4. The Hall–Kier alpha value is -2.77. The number of piperazine rings is 1. The second-order valence-electron chi connectivity index (χ2n) is 8.04. The fraction of sp³-hybridized carbons (Fsp3) is 0.417. The number of sulfonamides is 1. The molecule has 0 aliphatic carbocycles. The quantitative estimate of drug-likeness (QED) is 0.487. The van der Waals surface area contributed by atoms with Gasteiger partial charge in [-0.05, 0) is 42.8 Å². The molecule has 2 aromatic rings. The van der Waals surface area contributed by atoms with Crippen molar-refractivity contribution in [3.63, 3.8) is 0 Å². The van der Waals surface area contributed by atoms with Crippen LogP contribution < -0.4 is 10.0 Å². The molecule has 0 radical (unpaired) electrons. The van der Waals surface area contributed by atoms with Crippen LogP contribution in [0.2, 0.25) is 0 Å². The van der Waals surface area contributed by atoms with E-state index >= 15 is 0 Å². The Morgan fingerprint density at radius 2 is 1.61 bits per heavy atom. The van der Waals surface area contributed by atoms with Crippen molar-refractivity contribution in [1.29, 1.82) is 5.26 Å². The molecule has 176 valence electrons. The summed E-state index contributed by atoms with van der Waals surface area (Å²) in [6, 6.07) is 18.2. The molecule has 1 aliphatic rings. The molecular formula is C24H31N5O3S. The van der Waals surface area contributed by atoms with Gasteiger partial charge in [-0.15, -0.1) is 0 Å². The summed E-state index contributed by atoms with van der Waals surface area (Å²) in [6.45, 7) is 6.69. The average Bonchev–Trinajstić information content (AvgIpc) is 2.83. The van der Waals surface area contributed by atoms with E-state index in [-0.39, 0.29) is 23.8 Å². The largest absolute Gasteiger partial charge is 0.352 e. The first-order valence-corrected chi connectivity index (χ1v) is 12.7. The molecule has 1 amide bonds. The van der Waals surface area contributed by atoms with Crippen LogP contribution >= 0.6 is 0 Å². The third kappa shape index (κ3) is 7.94. The summed E-state index contributed by atoms with van der Waals surface area (Å²) in [5.74, 6) is -0.218. The number of nitrogens with one attached hydrogen (secondary N) is 2. The number of nitrogens with zero attached hydrogens (tertiary/aromatic N) is 3. The molecule has 0 aromatic heterocycles. The van der Waals surface area contributed by atoms with Crippen molar-refractivity contribution in [2.75, 3.05) is 45.8 Å². The van der Waals surface area contributed by atoms with Gasteiger partial charge >= 0.3 is 0 Å². The van der Waals surface area contributed by atoms with Crippen molar-refractivity contribution in [3.05, 3.63) is 65.7 Å². The van der Waals surface area contributed by atoms with Crippen LogP contribution in [0.15, 0.2) is 59.5 Å². The molecular weight excluding hydrogens is 438 g/mol. The zero-order valence-corrected chi connectivity index (χ0v) is 19.6. The lowest BCUT2D eigenvalue weighted by atomic mass is 10.2. The SMILES string of the molecule is N#CCCNS(=O)(=O)c1ccc(C(=O)NCCCN2CCN(Cc3ccccc3)CC2)cc1. The van der Waals surface area contributed by atoms with Crippen LogP contribution in [-0.4, -0.2) is 69.9 Å². The zero-order valence-electron chi connectivity index (χ0n) is 18.7. The molecule has 2 aromatic carbocycles. The predicted octanol–water partition coefficient (Wildman–Crippen LogP) is 1.82. The molecule has 0 saturated carbocycles. The van der Waals surface area contributed by atoms with Gasteiger partial charge in [0.1, 0.15) is 0 Å². The van der Waals surface area contributed by atoms with E-state index < -0.39 is 10.0 Å². The smallest absolute Gasteiger partial charge is 0.251 e. The monoisotopic (exact) mass is 469 g/mol. The minimum absolute atomic E-state index is 0.0587. The van der Waals surface area contributed by atoms with Gasteiger partial charge in [0.25, 0.3) is 5.91 Å². The van der Waals surface area contributed by atoms with Gasteiger partial charge in [-0.3, -0.25) is 9.69 Å². The Kier molecular flexibility index (Phi) is 9.39. The second kappa shape index (κ2) is 12.5. The summed E-state index contributed by atoms with van der Waals surface area (Å²) in [6.07, 6.45) is 0.961. The van der Waals surface area contributed by atoms with Crippen molar-refractivity contribution in [3.8, 4) is 6.07 Å². The highest BCUT2D eigenvalue weighted by Gasteiger charge is 2.17. The van der Waals surface area contributed by atoms with Gasteiger partial charge in [0.15, 0.2) is 0 Å². The lowest BCUT2D eigenvalue weighted by Crippen LogP contribution is -2.46. The molecule has 9 heteroatoms. The molecule has 2 N–H and O–H groups in total. The van der Waals surface area contributed by atoms with Crippen LogP contribution in [0.1, 0.15) is 28.8 Å². The highest BCUT2D eigenvalue weighted by Crippen LogP contribution is 2.11. The molecule has 0 atom stereocenters. The van der Waals surface area contributed by atoms with E-state index in [2.05, 4.69) is 44.1 Å². The number of amides is 1. The molecule has 1 aliphatic heterocycles. The number of hydrogen-bond donors (Lipinski definition) is 2. The van der Waals surface area contributed by atoms with E-state index in [0.717, 1.165) is 45.7 Å². The first kappa shape index (κ1) is 24.9. The number of nitriles is 1. The summed E-state index contributed by atoms with van der Waals surface area (Å²) >= 11 is 0. The third-order valence-corrected chi connectivity index (χ3v) is 7.08. The molecule has 1 saturated heterocycles. The number of benzene rings is 2. The highest BCUT2D eigenvalue weighted by atomic mass is 32.2. The Morgan fingerprint density at radius 1 is 0.939 bits per heavy atom. The van der Waals surface area contributed by atoms with Gasteiger partial charge < -0.3 is 10.2 Å². The van der Waals surface area contributed by atoms with Crippen LogP contribution in [-0.2, 0) is 16.6 Å². The van der Waals surface area contributed by atoms with Crippen molar-refractivity contribution < 1.29 is 13.2 Å². The summed E-state index contributed by atoms with van der Waals surface area (Å²) in [5.41, 5.74) is 1.76. The van der Waals surface area contributed by atoms with Crippen molar-refractivity contribution >= 4 is 15.9 Å². The van der Waals surface area contributed by atoms with Gasteiger partial charge in [0.2, 0.25) is 10.0 Å². The van der Waals surface area contributed by atoms with Gasteiger partial charge in [0.05, 0.1) is 11.0 Å². The lowest BCUT2D eigenvalue weighted by Gasteiger charge is -2.34. The van der Waals surface area contributed by atoms with Crippen LogP contribution in [0.4, 0.5) is 0 Å². The first-order chi connectivity index (χ1) is 16.0. The minimum atomic E-state index is -3.67. The molecule has 0 unspecified atom stereocenters. The normalized spacial score (nSPS) is 15.1. The van der Waals surface area contributed by atoms with Crippen LogP contribution in [0.3, 0.4) is 0 Å². The Morgan fingerprint density at radius 3 is 2.27 bits per heavy atom. The maximum atomic E-state index is 12.4.